The molecular weight excluding hydrogens is 364 g/mol. The normalized spacial score (nSPS) is 15.7. The van der Waals surface area contributed by atoms with Gasteiger partial charge in [0.25, 0.3) is 5.91 Å². The molecule has 7 nitrogen and oxygen atoms in total. The quantitative estimate of drug-likeness (QED) is 0.705. The molecule has 1 saturated heterocycles. The first kappa shape index (κ1) is 19.1. The number of benzene rings is 1. The Kier molecular flexibility index (Phi) is 5.93. The van der Waals surface area contributed by atoms with E-state index in [0.29, 0.717) is 6.54 Å². The van der Waals surface area contributed by atoms with E-state index in [1.54, 1.807) is 17.1 Å². The zero-order chi connectivity index (χ0) is 17.8. The number of amides is 1. The van der Waals surface area contributed by atoms with Crippen molar-refractivity contribution in [3.63, 3.8) is 0 Å². The van der Waals surface area contributed by atoms with Gasteiger partial charge >= 0.3 is 0 Å². The smallest absolute Gasteiger partial charge is 0.252 e. The van der Waals surface area contributed by atoms with Gasteiger partial charge in [-0.15, -0.1) is 12.4 Å². The molecule has 0 radical (unpaired) electrons. The van der Waals surface area contributed by atoms with E-state index in [0.717, 1.165) is 37.2 Å². The third kappa shape index (κ3) is 4.04. The average molecular weight is 387 g/mol. The summed E-state index contributed by atoms with van der Waals surface area (Å²) in [4.78, 5) is 13.1. The van der Waals surface area contributed by atoms with Crippen LogP contribution < -0.4 is 10.6 Å². The lowest BCUT2D eigenvalue weighted by molar-refractivity contribution is -0.126. The molecule has 2 N–H and O–H groups in total. The molecular formula is C19H23ClN6O. The van der Waals surface area contributed by atoms with Gasteiger partial charge in [-0.25, -0.2) is 0 Å². The third-order valence-corrected chi connectivity index (χ3v) is 4.91. The van der Waals surface area contributed by atoms with E-state index < -0.39 is 5.54 Å². The van der Waals surface area contributed by atoms with Crippen LogP contribution in [-0.2, 0) is 16.9 Å². The van der Waals surface area contributed by atoms with Gasteiger partial charge in [-0.2, -0.15) is 10.2 Å². The highest BCUT2D eigenvalue weighted by atomic mass is 35.5. The molecule has 27 heavy (non-hydrogen) atoms. The van der Waals surface area contributed by atoms with Crippen molar-refractivity contribution in [2.24, 2.45) is 0 Å². The highest BCUT2D eigenvalue weighted by Crippen LogP contribution is 2.28. The fourth-order valence-corrected chi connectivity index (χ4v) is 3.44. The minimum atomic E-state index is -0.636. The fourth-order valence-electron chi connectivity index (χ4n) is 3.44. The molecule has 0 bridgehead atoms. The zero-order valence-electron chi connectivity index (χ0n) is 14.9. The number of rotatable bonds is 5. The van der Waals surface area contributed by atoms with E-state index >= 15 is 0 Å². The van der Waals surface area contributed by atoms with Crippen LogP contribution in [0.5, 0.6) is 0 Å². The zero-order valence-corrected chi connectivity index (χ0v) is 15.7. The number of carbonyl (C=O) groups is 1. The summed E-state index contributed by atoms with van der Waals surface area (Å²) in [7, 11) is 0. The number of nitrogens with one attached hydrogen (secondary N) is 2. The summed E-state index contributed by atoms with van der Waals surface area (Å²) in [6.45, 7) is 2.32. The van der Waals surface area contributed by atoms with Gasteiger partial charge in [-0.05, 0) is 55.8 Å². The van der Waals surface area contributed by atoms with E-state index in [1.165, 1.54) is 0 Å². The van der Waals surface area contributed by atoms with Gasteiger partial charge in [0, 0.05) is 30.5 Å². The van der Waals surface area contributed by atoms with Crippen LogP contribution in [0.4, 0.5) is 5.69 Å². The Morgan fingerprint density at radius 3 is 2.41 bits per heavy atom. The van der Waals surface area contributed by atoms with Crippen LogP contribution in [0, 0.1) is 0 Å². The van der Waals surface area contributed by atoms with Crippen molar-refractivity contribution in [3.8, 4) is 0 Å². The molecule has 142 valence electrons. The van der Waals surface area contributed by atoms with Crippen LogP contribution in [-0.4, -0.2) is 38.6 Å². The number of carbonyl (C=O) groups excluding carboxylic acids is 1. The Morgan fingerprint density at radius 2 is 1.78 bits per heavy atom. The van der Waals surface area contributed by atoms with Gasteiger partial charge < -0.3 is 10.6 Å². The number of hydrogen-bond acceptors (Lipinski definition) is 4. The second-order valence-electron chi connectivity index (χ2n) is 6.59. The Morgan fingerprint density at radius 1 is 1.07 bits per heavy atom. The molecule has 2 aromatic heterocycles. The maximum Gasteiger partial charge on any atom is 0.252 e. The van der Waals surface area contributed by atoms with Crippen molar-refractivity contribution in [3.05, 3.63) is 66.7 Å². The SMILES string of the molecule is Cl.O=C(Nc1ccc(Cn2cccn2)cc1)C1(n2cccn2)CCNCC1. The minimum absolute atomic E-state index is 0. The Labute approximate surface area is 164 Å². The molecule has 4 rings (SSSR count). The fraction of sp³-hybridized carbons (Fsp3) is 0.316. The summed E-state index contributed by atoms with van der Waals surface area (Å²) >= 11 is 0. The van der Waals surface area contributed by atoms with Gasteiger partial charge in [-0.3, -0.25) is 14.2 Å². The maximum absolute atomic E-state index is 13.1. The van der Waals surface area contributed by atoms with E-state index in [4.69, 9.17) is 0 Å². The van der Waals surface area contributed by atoms with Crippen LogP contribution >= 0.6 is 12.4 Å². The van der Waals surface area contributed by atoms with Gasteiger partial charge in [0.1, 0.15) is 5.54 Å². The largest absolute Gasteiger partial charge is 0.324 e. The second kappa shape index (κ2) is 8.37. The highest BCUT2D eigenvalue weighted by molar-refractivity contribution is 5.96. The summed E-state index contributed by atoms with van der Waals surface area (Å²) in [5, 5.41) is 15.0. The van der Waals surface area contributed by atoms with Crippen LogP contribution in [0.3, 0.4) is 0 Å². The summed E-state index contributed by atoms with van der Waals surface area (Å²) in [6.07, 6.45) is 8.73. The van der Waals surface area contributed by atoms with Gasteiger partial charge in [0.05, 0.1) is 6.54 Å². The summed E-state index contributed by atoms with van der Waals surface area (Å²) < 4.78 is 3.67. The monoisotopic (exact) mass is 386 g/mol. The van der Waals surface area contributed by atoms with Crippen molar-refractivity contribution < 1.29 is 4.79 Å². The van der Waals surface area contributed by atoms with Crippen LogP contribution in [0.25, 0.3) is 0 Å². The van der Waals surface area contributed by atoms with Crippen molar-refractivity contribution in [2.75, 3.05) is 18.4 Å². The highest BCUT2D eigenvalue weighted by Gasteiger charge is 2.41. The summed E-state index contributed by atoms with van der Waals surface area (Å²) in [6, 6.07) is 11.7. The molecule has 0 atom stereocenters. The average Bonchev–Trinajstić information content (AvgIpc) is 3.38. The first-order valence-corrected chi connectivity index (χ1v) is 8.85. The van der Waals surface area contributed by atoms with Crippen molar-refractivity contribution >= 4 is 24.0 Å². The predicted octanol–water partition coefficient (Wildman–Crippen LogP) is 2.27. The van der Waals surface area contributed by atoms with E-state index in [1.807, 2.05) is 53.5 Å². The molecule has 1 aliphatic heterocycles. The van der Waals surface area contributed by atoms with Crippen molar-refractivity contribution in [1.29, 1.82) is 0 Å². The third-order valence-electron chi connectivity index (χ3n) is 4.91. The summed E-state index contributed by atoms with van der Waals surface area (Å²) in [5.74, 6) is -0.0115. The molecule has 3 aromatic rings. The molecule has 1 aromatic carbocycles. The summed E-state index contributed by atoms with van der Waals surface area (Å²) in [5.41, 5.74) is 1.29. The molecule has 8 heteroatoms. The molecule has 1 fully saturated rings. The number of hydrogen-bond donors (Lipinski definition) is 2. The van der Waals surface area contributed by atoms with Gasteiger partial charge in [0.15, 0.2) is 0 Å². The molecule has 0 unspecified atom stereocenters. The van der Waals surface area contributed by atoms with Gasteiger partial charge in [-0.1, -0.05) is 12.1 Å². The Bertz CT molecular complexity index is 839. The molecule has 0 spiro atoms. The number of halogens is 1. The number of piperidine rings is 1. The van der Waals surface area contributed by atoms with Crippen molar-refractivity contribution in [2.45, 2.75) is 24.9 Å². The topological polar surface area (TPSA) is 76.8 Å². The first-order chi connectivity index (χ1) is 12.8. The molecule has 1 amide bonds. The van der Waals surface area contributed by atoms with Crippen LogP contribution in [0.1, 0.15) is 18.4 Å². The standard InChI is InChI=1S/C19H22N6O.ClH/c26-18(19(7-11-20-12-8-19)25-14-2-10-22-25)23-17-5-3-16(4-6-17)15-24-13-1-9-21-24;/h1-6,9-10,13-14,20H,7-8,11-12,15H2,(H,23,26);1H. The molecule has 1 aliphatic rings. The van der Waals surface area contributed by atoms with E-state index in [-0.39, 0.29) is 18.3 Å². The van der Waals surface area contributed by atoms with Crippen molar-refractivity contribution in [1.82, 2.24) is 24.9 Å². The van der Waals surface area contributed by atoms with Gasteiger partial charge in [0.2, 0.25) is 0 Å². The maximum atomic E-state index is 13.1. The lowest BCUT2D eigenvalue weighted by Gasteiger charge is -2.36. The lowest BCUT2D eigenvalue weighted by atomic mass is 9.87. The molecule has 3 heterocycles. The first-order valence-electron chi connectivity index (χ1n) is 8.85. The number of aromatic nitrogens is 4. The number of nitrogens with zero attached hydrogens (tertiary/aromatic N) is 4. The second-order valence-corrected chi connectivity index (χ2v) is 6.59. The number of anilines is 1. The predicted molar refractivity (Wildman–Crippen MR) is 106 cm³/mol. The van der Waals surface area contributed by atoms with Crippen LogP contribution in [0.15, 0.2) is 61.2 Å². The lowest BCUT2D eigenvalue weighted by Crippen LogP contribution is -2.52. The van der Waals surface area contributed by atoms with E-state index in [9.17, 15) is 4.79 Å². The minimum Gasteiger partial charge on any atom is -0.324 e. The molecule has 0 saturated carbocycles. The Balaban J connectivity index is 0.00000210. The van der Waals surface area contributed by atoms with E-state index in [2.05, 4.69) is 20.8 Å². The Hall–Kier alpha value is -2.64. The van der Waals surface area contributed by atoms with Crippen LogP contribution in [0.2, 0.25) is 0 Å². The molecule has 0 aliphatic carbocycles.